The first-order valence-electron chi connectivity index (χ1n) is 8.37. The molecule has 2 aromatic rings. The molecule has 0 spiro atoms. The van der Waals surface area contributed by atoms with Gasteiger partial charge >= 0.3 is 10.2 Å². The van der Waals surface area contributed by atoms with Gasteiger partial charge in [0.15, 0.2) is 0 Å². The zero-order valence-electron chi connectivity index (χ0n) is 14.8. The fourth-order valence-electron chi connectivity index (χ4n) is 2.83. The molecule has 0 radical (unpaired) electrons. The van der Waals surface area contributed by atoms with Crippen LogP contribution in [0.3, 0.4) is 0 Å². The molecule has 8 heteroatoms. The third-order valence-electron chi connectivity index (χ3n) is 4.20. The number of anilines is 3. The number of fused-ring (bicyclic) bond motifs is 1. The van der Waals surface area contributed by atoms with Crippen LogP contribution in [0.25, 0.3) is 0 Å². The molecule has 1 heterocycles. The summed E-state index contributed by atoms with van der Waals surface area (Å²) in [4.78, 5) is 0. The number of rotatable bonds is 7. The van der Waals surface area contributed by atoms with Gasteiger partial charge in [-0.15, -0.1) is 0 Å². The number of likely N-dealkylation sites (N-methyl/N-ethyl adjacent to an activating group) is 1. The maximum Gasteiger partial charge on any atom is 0.331 e. The van der Waals surface area contributed by atoms with E-state index in [2.05, 4.69) is 5.32 Å². The van der Waals surface area contributed by atoms with E-state index in [0.717, 1.165) is 0 Å². The maximum absolute atomic E-state index is 14.0. The molecular weight excluding hydrogens is 357 g/mol. The maximum atomic E-state index is 14.0. The average molecular weight is 379 g/mol. The summed E-state index contributed by atoms with van der Waals surface area (Å²) < 4.78 is 48.2. The molecular formula is C18H22FN3O3S. The van der Waals surface area contributed by atoms with E-state index in [9.17, 15) is 12.8 Å². The average Bonchev–Trinajstić information content (AvgIpc) is 2.84. The van der Waals surface area contributed by atoms with Crippen LogP contribution in [-0.4, -0.2) is 41.8 Å². The monoisotopic (exact) mass is 379 g/mol. The van der Waals surface area contributed by atoms with Gasteiger partial charge in [-0.25, -0.2) is 13.0 Å². The summed E-state index contributed by atoms with van der Waals surface area (Å²) in [6.45, 7) is 3.29. The highest BCUT2D eigenvalue weighted by atomic mass is 32.2. The quantitative estimate of drug-likeness (QED) is 0.751. The van der Waals surface area contributed by atoms with Crippen molar-refractivity contribution in [1.29, 1.82) is 0 Å². The van der Waals surface area contributed by atoms with Crippen LogP contribution in [0.5, 0.6) is 0 Å². The van der Waals surface area contributed by atoms with Crippen LogP contribution in [0.4, 0.5) is 21.5 Å². The lowest BCUT2D eigenvalue weighted by atomic mass is 10.2. The molecule has 2 aromatic carbocycles. The number of ether oxygens (including phenoxy) is 1. The molecule has 0 aromatic heterocycles. The Morgan fingerprint density at radius 3 is 2.54 bits per heavy atom. The number of hydrogen-bond donors (Lipinski definition) is 1. The molecule has 0 bridgehead atoms. The molecule has 0 atom stereocenters. The lowest BCUT2D eigenvalue weighted by Gasteiger charge is -2.22. The normalized spacial score (nSPS) is 15.3. The molecule has 0 unspecified atom stereocenters. The molecule has 26 heavy (non-hydrogen) atoms. The van der Waals surface area contributed by atoms with Crippen LogP contribution in [0.15, 0.2) is 42.5 Å². The van der Waals surface area contributed by atoms with Crippen molar-refractivity contribution in [2.75, 3.05) is 42.0 Å². The predicted molar refractivity (Wildman–Crippen MR) is 101 cm³/mol. The van der Waals surface area contributed by atoms with Crippen molar-refractivity contribution < 1.29 is 17.5 Å². The number of para-hydroxylation sites is 2. The van der Waals surface area contributed by atoms with Crippen molar-refractivity contribution in [2.45, 2.75) is 6.92 Å². The highest BCUT2D eigenvalue weighted by molar-refractivity contribution is 7.95. The van der Waals surface area contributed by atoms with Crippen LogP contribution in [0.2, 0.25) is 0 Å². The van der Waals surface area contributed by atoms with Gasteiger partial charge in [0, 0.05) is 6.54 Å². The van der Waals surface area contributed by atoms with Gasteiger partial charge in [-0.2, -0.15) is 8.42 Å². The summed E-state index contributed by atoms with van der Waals surface area (Å²) in [6, 6.07) is 11.4. The van der Waals surface area contributed by atoms with Gasteiger partial charge in [0.25, 0.3) is 0 Å². The van der Waals surface area contributed by atoms with Crippen molar-refractivity contribution in [3.8, 4) is 0 Å². The minimum atomic E-state index is -3.86. The fourth-order valence-corrected chi connectivity index (χ4v) is 4.52. The highest BCUT2D eigenvalue weighted by Crippen LogP contribution is 2.45. The Labute approximate surface area is 153 Å². The van der Waals surface area contributed by atoms with Gasteiger partial charge in [0.05, 0.1) is 36.8 Å². The van der Waals surface area contributed by atoms with E-state index in [4.69, 9.17) is 4.74 Å². The van der Waals surface area contributed by atoms with Gasteiger partial charge in [0.2, 0.25) is 0 Å². The summed E-state index contributed by atoms with van der Waals surface area (Å²) >= 11 is 0. The van der Waals surface area contributed by atoms with E-state index in [0.29, 0.717) is 30.1 Å². The Morgan fingerprint density at radius 1 is 1.12 bits per heavy atom. The molecule has 0 saturated heterocycles. The van der Waals surface area contributed by atoms with E-state index in [-0.39, 0.29) is 18.8 Å². The van der Waals surface area contributed by atoms with Crippen LogP contribution in [0.1, 0.15) is 5.56 Å². The topological polar surface area (TPSA) is 61.9 Å². The zero-order chi connectivity index (χ0) is 18.7. The second-order valence-corrected chi connectivity index (χ2v) is 7.68. The number of hydrogen-bond acceptors (Lipinski definition) is 4. The largest absolute Gasteiger partial charge is 0.378 e. The summed E-state index contributed by atoms with van der Waals surface area (Å²) in [7, 11) is -2.04. The second kappa shape index (κ2) is 7.61. The van der Waals surface area contributed by atoms with Crippen molar-refractivity contribution >= 4 is 27.3 Å². The first kappa shape index (κ1) is 18.6. The van der Waals surface area contributed by atoms with E-state index in [1.54, 1.807) is 43.3 Å². The van der Waals surface area contributed by atoms with E-state index in [1.165, 1.54) is 14.7 Å². The zero-order valence-corrected chi connectivity index (χ0v) is 15.6. The van der Waals surface area contributed by atoms with E-state index < -0.39 is 16.0 Å². The Kier molecular flexibility index (Phi) is 5.45. The predicted octanol–water partition coefficient (Wildman–Crippen LogP) is 2.57. The Balaban J connectivity index is 1.93. The third kappa shape index (κ3) is 3.40. The lowest BCUT2D eigenvalue weighted by molar-refractivity contribution is 0.145. The summed E-state index contributed by atoms with van der Waals surface area (Å²) in [5.74, 6) is -0.441. The van der Waals surface area contributed by atoms with Gasteiger partial charge < -0.3 is 10.1 Å². The van der Waals surface area contributed by atoms with Crippen LogP contribution < -0.4 is 13.9 Å². The van der Waals surface area contributed by atoms with Crippen LogP contribution in [0, 0.1) is 12.7 Å². The third-order valence-corrected chi connectivity index (χ3v) is 6.01. The first-order valence-corrected chi connectivity index (χ1v) is 9.77. The van der Waals surface area contributed by atoms with Crippen LogP contribution >= 0.6 is 0 Å². The molecule has 0 aliphatic carbocycles. The second-order valence-electron chi connectivity index (χ2n) is 5.98. The van der Waals surface area contributed by atoms with Crippen molar-refractivity contribution in [3.63, 3.8) is 0 Å². The minimum Gasteiger partial charge on any atom is -0.378 e. The standard InChI is InChI=1S/C18H22FN3O3S/c1-14-7-8-15(13-16(14)19)22-18-6-4-3-5-17(18)21(26(22,23)24)10-12-25-11-9-20-2/h3-8,13,20H,9-12H2,1-2H3. The Morgan fingerprint density at radius 2 is 1.85 bits per heavy atom. The number of nitrogens with one attached hydrogen (secondary N) is 1. The van der Waals surface area contributed by atoms with E-state index >= 15 is 0 Å². The molecule has 3 rings (SSSR count). The molecule has 0 amide bonds. The molecule has 1 aliphatic rings. The summed E-state index contributed by atoms with van der Waals surface area (Å²) in [6.07, 6.45) is 0. The number of halogens is 1. The molecule has 6 nitrogen and oxygen atoms in total. The SMILES string of the molecule is CNCCOCCN1c2ccccc2N(c2ccc(C)c(F)c2)S1(=O)=O. The molecule has 0 fully saturated rings. The summed E-state index contributed by atoms with van der Waals surface area (Å²) in [5, 5.41) is 2.97. The first-order chi connectivity index (χ1) is 12.5. The Bertz CT molecular complexity index is 889. The molecule has 1 N–H and O–H groups in total. The van der Waals surface area contributed by atoms with Gasteiger partial charge in [-0.05, 0) is 43.8 Å². The highest BCUT2D eigenvalue weighted by Gasteiger charge is 2.41. The molecule has 1 aliphatic heterocycles. The molecule has 0 saturated carbocycles. The van der Waals surface area contributed by atoms with Crippen molar-refractivity contribution in [3.05, 3.63) is 53.8 Å². The number of nitrogens with zero attached hydrogens (tertiary/aromatic N) is 2. The number of aryl methyl sites for hydroxylation is 1. The lowest BCUT2D eigenvalue weighted by Crippen LogP contribution is -2.37. The van der Waals surface area contributed by atoms with Crippen molar-refractivity contribution in [2.24, 2.45) is 0 Å². The smallest absolute Gasteiger partial charge is 0.331 e. The van der Waals surface area contributed by atoms with Gasteiger partial charge in [0.1, 0.15) is 5.82 Å². The van der Waals surface area contributed by atoms with Gasteiger partial charge in [-0.3, -0.25) is 0 Å². The van der Waals surface area contributed by atoms with Crippen LogP contribution in [-0.2, 0) is 14.9 Å². The van der Waals surface area contributed by atoms with Crippen molar-refractivity contribution in [1.82, 2.24) is 5.32 Å². The Hall–Kier alpha value is -2.16. The number of benzene rings is 2. The minimum absolute atomic E-state index is 0.188. The van der Waals surface area contributed by atoms with E-state index in [1.807, 2.05) is 7.05 Å². The molecule has 140 valence electrons. The van der Waals surface area contributed by atoms with Gasteiger partial charge in [-0.1, -0.05) is 18.2 Å². The summed E-state index contributed by atoms with van der Waals surface area (Å²) in [5.41, 5.74) is 1.81. The fraction of sp³-hybridized carbons (Fsp3) is 0.333.